The van der Waals surface area contributed by atoms with Gasteiger partial charge in [-0.25, -0.2) is 4.68 Å². The molecule has 0 fully saturated rings. The second-order valence-electron chi connectivity index (χ2n) is 8.93. The van der Waals surface area contributed by atoms with Gasteiger partial charge >= 0.3 is 0 Å². The van der Waals surface area contributed by atoms with Crippen LogP contribution in [0.25, 0.3) is 10.9 Å². The van der Waals surface area contributed by atoms with E-state index >= 15 is 0 Å². The Labute approximate surface area is 198 Å². The lowest BCUT2D eigenvalue weighted by molar-refractivity contribution is 0.0814. The van der Waals surface area contributed by atoms with Gasteiger partial charge in [0, 0.05) is 31.8 Å². The Morgan fingerprint density at radius 2 is 1.87 bits per heavy atom. The summed E-state index contributed by atoms with van der Waals surface area (Å²) in [6, 6.07) is 10.8. The first-order valence-electron chi connectivity index (χ1n) is 10.3. The molecule has 0 atom stereocenters. The second-order valence-corrected chi connectivity index (χ2v) is 15.6. The van der Waals surface area contributed by atoms with Crippen LogP contribution in [-0.4, -0.2) is 37.5 Å². The number of nitrogens with zero attached hydrogens (tertiary/aromatic N) is 2. The number of nitrogens with one attached hydrogen (secondary N) is 1. The van der Waals surface area contributed by atoms with Crippen molar-refractivity contribution in [3.05, 3.63) is 50.7 Å². The number of ether oxygens (including phenoxy) is 2. The van der Waals surface area contributed by atoms with E-state index in [-0.39, 0.29) is 5.91 Å². The molecule has 166 valence electrons. The van der Waals surface area contributed by atoms with Gasteiger partial charge in [0.25, 0.3) is 5.91 Å². The highest BCUT2D eigenvalue weighted by atomic mass is 127. The molecule has 0 aliphatic carbocycles. The summed E-state index contributed by atoms with van der Waals surface area (Å²) in [6.45, 7) is 12.1. The smallest absolute Gasteiger partial charge is 0.259 e. The van der Waals surface area contributed by atoms with Crippen molar-refractivity contribution in [1.82, 2.24) is 9.78 Å². The number of benzene rings is 2. The average Bonchev–Trinajstić information content (AvgIpc) is 3.01. The number of amides is 1. The summed E-state index contributed by atoms with van der Waals surface area (Å²) in [4.78, 5) is 13.1. The van der Waals surface area contributed by atoms with Crippen LogP contribution in [0.15, 0.2) is 30.3 Å². The van der Waals surface area contributed by atoms with Gasteiger partial charge in [-0.2, -0.15) is 5.10 Å². The first-order valence-corrected chi connectivity index (χ1v) is 15.1. The molecular formula is C23H30IN3O3Si. The Hall–Kier alpha value is -1.91. The zero-order chi connectivity index (χ0) is 22.8. The zero-order valence-corrected chi connectivity index (χ0v) is 22.2. The van der Waals surface area contributed by atoms with E-state index < -0.39 is 8.07 Å². The first-order chi connectivity index (χ1) is 14.6. The van der Waals surface area contributed by atoms with E-state index in [1.165, 1.54) is 0 Å². The van der Waals surface area contributed by atoms with Crippen molar-refractivity contribution in [2.45, 2.75) is 46.3 Å². The van der Waals surface area contributed by atoms with Gasteiger partial charge in [-0.05, 0) is 59.7 Å². The molecule has 1 amide bonds. The molecule has 31 heavy (non-hydrogen) atoms. The van der Waals surface area contributed by atoms with Gasteiger partial charge < -0.3 is 14.8 Å². The minimum atomic E-state index is -1.14. The summed E-state index contributed by atoms with van der Waals surface area (Å²) < 4.78 is 14.1. The first kappa shape index (κ1) is 23.7. The number of anilines is 1. The van der Waals surface area contributed by atoms with Crippen LogP contribution in [0.1, 0.15) is 21.5 Å². The minimum absolute atomic E-state index is 0.203. The van der Waals surface area contributed by atoms with E-state index in [0.29, 0.717) is 18.0 Å². The molecule has 1 heterocycles. The lowest BCUT2D eigenvalue weighted by atomic mass is 10.1. The molecule has 2 aromatic carbocycles. The number of aromatic nitrogens is 2. The topological polar surface area (TPSA) is 65.4 Å². The number of hydrogen-bond donors (Lipinski definition) is 1. The van der Waals surface area contributed by atoms with Crippen LogP contribution >= 0.6 is 22.6 Å². The Balaban J connectivity index is 1.88. The van der Waals surface area contributed by atoms with Gasteiger partial charge in [-0.15, -0.1) is 0 Å². The van der Waals surface area contributed by atoms with E-state index in [1.807, 2.05) is 48.9 Å². The largest absolute Gasteiger partial charge is 0.496 e. The normalized spacial score (nSPS) is 11.7. The number of hydrogen-bond acceptors (Lipinski definition) is 4. The van der Waals surface area contributed by atoms with E-state index in [9.17, 15) is 4.79 Å². The molecule has 8 heteroatoms. The molecule has 3 aromatic rings. The molecule has 3 rings (SSSR count). The van der Waals surface area contributed by atoms with Gasteiger partial charge in [-0.1, -0.05) is 37.8 Å². The summed E-state index contributed by atoms with van der Waals surface area (Å²) in [6.07, 6.45) is 0. The number of para-hydroxylation sites is 1. The second kappa shape index (κ2) is 9.70. The van der Waals surface area contributed by atoms with Crippen LogP contribution in [0, 0.1) is 17.5 Å². The van der Waals surface area contributed by atoms with Crippen LogP contribution in [-0.2, 0) is 11.5 Å². The molecule has 0 unspecified atom stereocenters. The summed E-state index contributed by atoms with van der Waals surface area (Å²) in [7, 11) is 0.437. The third-order valence-electron chi connectivity index (χ3n) is 5.20. The molecule has 0 saturated heterocycles. The van der Waals surface area contributed by atoms with E-state index in [0.717, 1.165) is 44.1 Å². The van der Waals surface area contributed by atoms with Crippen molar-refractivity contribution in [3.63, 3.8) is 0 Å². The molecule has 0 bridgehead atoms. The SMILES string of the molecule is COc1cc2c(cc1C(=O)Nc1c(C)cccc1C)c(I)nn2COCC[Si](C)(C)C. The fourth-order valence-corrected chi connectivity index (χ4v) is 4.78. The lowest BCUT2D eigenvalue weighted by Gasteiger charge is -2.15. The fraction of sp³-hybridized carbons (Fsp3) is 0.391. The van der Waals surface area contributed by atoms with E-state index in [1.54, 1.807) is 7.11 Å². The number of halogens is 1. The molecule has 0 spiro atoms. The number of fused-ring (bicyclic) bond motifs is 1. The predicted molar refractivity (Wildman–Crippen MR) is 137 cm³/mol. The van der Waals surface area contributed by atoms with Crippen molar-refractivity contribution in [2.24, 2.45) is 0 Å². The summed E-state index contributed by atoms with van der Waals surface area (Å²) in [5, 5.41) is 8.57. The van der Waals surface area contributed by atoms with Crippen LogP contribution in [0.3, 0.4) is 0 Å². The number of carbonyl (C=O) groups is 1. The Morgan fingerprint density at radius 3 is 2.48 bits per heavy atom. The third-order valence-corrected chi connectivity index (χ3v) is 7.70. The van der Waals surface area contributed by atoms with Crippen molar-refractivity contribution < 1.29 is 14.3 Å². The highest BCUT2D eigenvalue weighted by Gasteiger charge is 2.20. The molecule has 6 nitrogen and oxygen atoms in total. The van der Waals surface area contributed by atoms with Gasteiger partial charge in [0.15, 0.2) is 0 Å². The maximum atomic E-state index is 13.1. The molecule has 1 N–H and O–H groups in total. The van der Waals surface area contributed by atoms with Crippen LogP contribution in [0.2, 0.25) is 25.7 Å². The van der Waals surface area contributed by atoms with Crippen LogP contribution < -0.4 is 10.1 Å². The van der Waals surface area contributed by atoms with Gasteiger partial charge in [0.05, 0.1) is 18.2 Å². The maximum Gasteiger partial charge on any atom is 0.259 e. The number of methoxy groups -OCH3 is 1. The molecule has 1 aromatic heterocycles. The molecule has 0 aliphatic heterocycles. The predicted octanol–water partition coefficient (Wildman–Crippen LogP) is 5.83. The monoisotopic (exact) mass is 551 g/mol. The fourth-order valence-electron chi connectivity index (χ4n) is 3.33. The van der Waals surface area contributed by atoms with E-state index in [4.69, 9.17) is 9.47 Å². The highest BCUT2D eigenvalue weighted by Crippen LogP contribution is 2.30. The van der Waals surface area contributed by atoms with Gasteiger partial charge in [0.2, 0.25) is 0 Å². The zero-order valence-electron chi connectivity index (χ0n) is 19.0. The number of rotatable bonds is 8. The number of carbonyl (C=O) groups excluding carboxylic acids is 1. The minimum Gasteiger partial charge on any atom is -0.496 e. The highest BCUT2D eigenvalue weighted by molar-refractivity contribution is 14.1. The Bertz CT molecular complexity index is 1090. The maximum absolute atomic E-state index is 13.1. The van der Waals surface area contributed by atoms with Crippen molar-refractivity contribution in [2.75, 3.05) is 19.0 Å². The van der Waals surface area contributed by atoms with Gasteiger partial charge in [0.1, 0.15) is 16.2 Å². The van der Waals surface area contributed by atoms with Crippen LogP contribution in [0.5, 0.6) is 5.75 Å². The average molecular weight is 552 g/mol. The van der Waals surface area contributed by atoms with Crippen molar-refractivity contribution in [3.8, 4) is 5.75 Å². The summed E-state index contributed by atoms with van der Waals surface area (Å²) in [5.41, 5.74) is 4.24. The quantitative estimate of drug-likeness (QED) is 0.217. The summed E-state index contributed by atoms with van der Waals surface area (Å²) in [5.74, 6) is 0.307. The van der Waals surface area contributed by atoms with Crippen molar-refractivity contribution >= 4 is 53.2 Å². The molecule has 0 aliphatic rings. The molecule has 0 saturated carbocycles. The lowest BCUT2D eigenvalue weighted by Crippen LogP contribution is -2.22. The number of aryl methyl sites for hydroxylation is 2. The Kier molecular flexibility index (Phi) is 7.43. The third kappa shape index (κ3) is 5.66. The molecule has 0 radical (unpaired) electrons. The molecular weight excluding hydrogens is 521 g/mol. The Morgan fingerprint density at radius 1 is 1.19 bits per heavy atom. The van der Waals surface area contributed by atoms with Crippen LogP contribution in [0.4, 0.5) is 5.69 Å². The summed E-state index contributed by atoms with van der Waals surface area (Å²) >= 11 is 2.20. The van der Waals surface area contributed by atoms with Crippen molar-refractivity contribution in [1.29, 1.82) is 0 Å². The standard InChI is InChI=1S/C23H30IN3O3Si/c1-15-8-7-9-16(2)21(15)25-23(28)18-12-17-19(13-20(18)29-3)27(26-22(17)24)14-30-10-11-31(4,5)6/h7-9,12-13H,10-11,14H2,1-6H3,(H,25,28). The van der Waals surface area contributed by atoms with E-state index in [2.05, 4.69) is 52.6 Å². The van der Waals surface area contributed by atoms with Gasteiger partial charge in [-0.3, -0.25) is 4.79 Å².